The Bertz CT molecular complexity index is 594. The molecule has 0 atom stereocenters. The minimum atomic E-state index is 0.387. The van der Waals surface area contributed by atoms with Gasteiger partial charge in [0.1, 0.15) is 5.75 Å². The average Bonchev–Trinajstić information content (AvgIpc) is 2.98. The second-order valence-corrected chi connectivity index (χ2v) is 5.68. The van der Waals surface area contributed by atoms with Crippen molar-refractivity contribution in [3.05, 3.63) is 28.5 Å². The van der Waals surface area contributed by atoms with Gasteiger partial charge in [-0.3, -0.25) is 0 Å². The van der Waals surface area contributed by atoms with Gasteiger partial charge in [-0.1, -0.05) is 5.16 Å². The number of piperidine rings is 1. The maximum absolute atomic E-state index is 5.42. The first-order valence-electron chi connectivity index (χ1n) is 6.66. The molecule has 2 heterocycles. The molecule has 6 heteroatoms. The van der Waals surface area contributed by atoms with Crippen LogP contribution < -0.4 is 10.1 Å². The number of ether oxygens (including phenoxy) is 1. The van der Waals surface area contributed by atoms with Crippen LogP contribution >= 0.6 is 15.9 Å². The van der Waals surface area contributed by atoms with Crippen LogP contribution in [-0.2, 0) is 0 Å². The van der Waals surface area contributed by atoms with Crippen molar-refractivity contribution in [2.45, 2.75) is 18.8 Å². The van der Waals surface area contributed by atoms with E-state index in [2.05, 4.69) is 31.4 Å². The van der Waals surface area contributed by atoms with E-state index >= 15 is 0 Å². The first-order valence-corrected chi connectivity index (χ1v) is 7.45. The summed E-state index contributed by atoms with van der Waals surface area (Å²) < 4.78 is 11.6. The molecule has 0 aliphatic carbocycles. The van der Waals surface area contributed by atoms with E-state index in [4.69, 9.17) is 9.26 Å². The van der Waals surface area contributed by atoms with E-state index in [0.717, 1.165) is 47.5 Å². The number of benzene rings is 1. The third kappa shape index (κ3) is 2.71. The van der Waals surface area contributed by atoms with Gasteiger partial charge in [0, 0.05) is 10.4 Å². The summed E-state index contributed by atoms with van der Waals surface area (Å²) in [6, 6.07) is 5.70. The van der Waals surface area contributed by atoms with Gasteiger partial charge in [0.05, 0.1) is 12.7 Å². The van der Waals surface area contributed by atoms with Crippen LogP contribution in [0.25, 0.3) is 11.5 Å². The van der Waals surface area contributed by atoms with Crippen molar-refractivity contribution in [3.63, 3.8) is 0 Å². The molecule has 1 saturated heterocycles. The van der Waals surface area contributed by atoms with Crippen molar-refractivity contribution < 1.29 is 9.26 Å². The van der Waals surface area contributed by atoms with Gasteiger partial charge in [-0.15, -0.1) is 0 Å². The van der Waals surface area contributed by atoms with E-state index in [1.165, 1.54) is 0 Å². The molecule has 106 valence electrons. The molecule has 3 rings (SSSR count). The minimum Gasteiger partial charge on any atom is -0.497 e. The van der Waals surface area contributed by atoms with Crippen molar-refractivity contribution in [1.29, 1.82) is 0 Å². The molecule has 20 heavy (non-hydrogen) atoms. The van der Waals surface area contributed by atoms with E-state index in [1.54, 1.807) is 7.11 Å². The Balaban J connectivity index is 1.89. The molecule has 1 fully saturated rings. The van der Waals surface area contributed by atoms with E-state index in [1.807, 2.05) is 18.2 Å². The number of hydrogen-bond donors (Lipinski definition) is 1. The summed E-state index contributed by atoms with van der Waals surface area (Å²) in [7, 11) is 1.64. The molecule has 0 spiro atoms. The first kappa shape index (κ1) is 13.6. The van der Waals surface area contributed by atoms with Crippen LogP contribution in [0.1, 0.15) is 24.6 Å². The Labute approximate surface area is 125 Å². The molecule has 0 amide bonds. The second-order valence-electron chi connectivity index (χ2n) is 4.83. The maximum atomic E-state index is 5.42. The lowest BCUT2D eigenvalue weighted by atomic mass is 9.98. The van der Waals surface area contributed by atoms with Crippen molar-refractivity contribution in [2.75, 3.05) is 20.2 Å². The molecule has 1 aliphatic rings. The number of rotatable bonds is 3. The summed E-state index contributed by atoms with van der Waals surface area (Å²) in [4.78, 5) is 4.55. The van der Waals surface area contributed by atoms with Crippen LogP contribution in [0.3, 0.4) is 0 Å². The van der Waals surface area contributed by atoms with Gasteiger partial charge in [-0.25, -0.2) is 0 Å². The Hall–Kier alpha value is -1.40. The molecule has 0 unspecified atom stereocenters. The lowest BCUT2D eigenvalue weighted by Gasteiger charge is -2.18. The van der Waals surface area contributed by atoms with E-state index in [0.29, 0.717) is 11.8 Å². The first-order chi connectivity index (χ1) is 9.78. The van der Waals surface area contributed by atoms with Crippen LogP contribution in [0.2, 0.25) is 0 Å². The Morgan fingerprint density at radius 1 is 1.35 bits per heavy atom. The third-order valence-electron chi connectivity index (χ3n) is 3.55. The Kier molecular flexibility index (Phi) is 4.03. The fourth-order valence-electron chi connectivity index (χ4n) is 2.39. The smallest absolute Gasteiger partial charge is 0.259 e. The Morgan fingerprint density at radius 2 is 2.15 bits per heavy atom. The molecule has 0 radical (unpaired) electrons. The zero-order valence-electron chi connectivity index (χ0n) is 11.2. The molecule has 0 saturated carbocycles. The predicted molar refractivity (Wildman–Crippen MR) is 78.8 cm³/mol. The molecule has 5 nitrogen and oxygen atoms in total. The highest BCUT2D eigenvalue weighted by atomic mass is 79.9. The highest BCUT2D eigenvalue weighted by Crippen LogP contribution is 2.32. The molecule has 0 bridgehead atoms. The van der Waals surface area contributed by atoms with Crippen molar-refractivity contribution >= 4 is 15.9 Å². The highest BCUT2D eigenvalue weighted by Gasteiger charge is 2.22. The predicted octanol–water partition coefficient (Wildman–Crippen LogP) is 2.97. The molecular formula is C14H16BrN3O2. The van der Waals surface area contributed by atoms with Gasteiger partial charge < -0.3 is 14.6 Å². The second kappa shape index (κ2) is 5.93. The summed E-state index contributed by atoms with van der Waals surface area (Å²) in [5, 5.41) is 7.47. The van der Waals surface area contributed by atoms with Crippen LogP contribution in [0.4, 0.5) is 0 Å². The largest absolute Gasteiger partial charge is 0.497 e. The van der Waals surface area contributed by atoms with Crippen LogP contribution in [0.15, 0.2) is 27.2 Å². The van der Waals surface area contributed by atoms with Crippen LogP contribution in [-0.4, -0.2) is 30.3 Å². The van der Waals surface area contributed by atoms with Crippen molar-refractivity contribution in [1.82, 2.24) is 15.5 Å². The lowest BCUT2D eigenvalue weighted by Crippen LogP contribution is -2.27. The Morgan fingerprint density at radius 3 is 2.90 bits per heavy atom. The molecule has 1 aromatic heterocycles. The summed E-state index contributed by atoms with van der Waals surface area (Å²) in [5.74, 6) is 2.49. The van der Waals surface area contributed by atoms with Gasteiger partial charge in [0.25, 0.3) is 5.89 Å². The summed E-state index contributed by atoms with van der Waals surface area (Å²) in [5.41, 5.74) is 0.858. The molecular weight excluding hydrogens is 322 g/mol. The zero-order valence-corrected chi connectivity index (χ0v) is 12.8. The summed E-state index contributed by atoms with van der Waals surface area (Å²) in [6.07, 6.45) is 2.11. The number of methoxy groups -OCH3 is 1. The molecule has 1 aromatic carbocycles. The van der Waals surface area contributed by atoms with Gasteiger partial charge >= 0.3 is 0 Å². The number of nitrogens with one attached hydrogen (secondary N) is 1. The lowest BCUT2D eigenvalue weighted by molar-refractivity contribution is 0.391. The molecule has 1 N–H and O–H groups in total. The quantitative estimate of drug-likeness (QED) is 0.932. The number of halogens is 1. The average molecular weight is 338 g/mol. The maximum Gasteiger partial charge on any atom is 0.259 e. The van der Waals surface area contributed by atoms with E-state index in [-0.39, 0.29) is 0 Å². The molecule has 1 aliphatic heterocycles. The topological polar surface area (TPSA) is 60.2 Å². The monoisotopic (exact) mass is 337 g/mol. The van der Waals surface area contributed by atoms with Gasteiger partial charge in [-0.05, 0) is 60.1 Å². The van der Waals surface area contributed by atoms with E-state index in [9.17, 15) is 0 Å². The fourth-order valence-corrected chi connectivity index (χ4v) is 2.80. The van der Waals surface area contributed by atoms with Gasteiger partial charge in [0.2, 0.25) is 0 Å². The third-order valence-corrected chi connectivity index (χ3v) is 4.24. The van der Waals surface area contributed by atoms with Crippen molar-refractivity contribution in [3.8, 4) is 17.2 Å². The standard InChI is InChI=1S/C14H16BrN3O2/c1-19-10-2-3-12(15)11(8-10)14-17-13(18-20-14)9-4-6-16-7-5-9/h2-3,8-9,16H,4-7H2,1H3. The number of hydrogen-bond acceptors (Lipinski definition) is 5. The summed E-state index contributed by atoms with van der Waals surface area (Å²) >= 11 is 3.51. The SMILES string of the molecule is COc1ccc(Br)c(-c2nc(C3CCNCC3)no2)c1. The minimum absolute atomic E-state index is 0.387. The van der Waals surface area contributed by atoms with Gasteiger partial charge in [0.15, 0.2) is 5.82 Å². The molecule has 2 aromatic rings. The normalized spacial score (nSPS) is 16.3. The zero-order chi connectivity index (χ0) is 13.9. The highest BCUT2D eigenvalue weighted by molar-refractivity contribution is 9.10. The number of aromatic nitrogens is 2. The van der Waals surface area contributed by atoms with E-state index < -0.39 is 0 Å². The van der Waals surface area contributed by atoms with Crippen LogP contribution in [0, 0.1) is 0 Å². The fraction of sp³-hybridized carbons (Fsp3) is 0.429. The van der Waals surface area contributed by atoms with Crippen LogP contribution in [0.5, 0.6) is 5.75 Å². The number of nitrogens with zero attached hydrogens (tertiary/aromatic N) is 2. The van der Waals surface area contributed by atoms with Gasteiger partial charge in [-0.2, -0.15) is 4.98 Å². The van der Waals surface area contributed by atoms with Crippen molar-refractivity contribution in [2.24, 2.45) is 0 Å². The summed E-state index contributed by atoms with van der Waals surface area (Å²) in [6.45, 7) is 2.02.